The van der Waals surface area contributed by atoms with Crippen molar-refractivity contribution in [3.8, 4) is 0 Å². The number of amides is 1. The summed E-state index contributed by atoms with van der Waals surface area (Å²) in [6.45, 7) is 1.51. The van der Waals surface area contributed by atoms with Gasteiger partial charge in [0.05, 0.1) is 11.9 Å². The molecule has 0 radical (unpaired) electrons. The molecule has 104 valence electrons. The molecule has 1 amide bonds. The fourth-order valence-electron chi connectivity index (χ4n) is 2.81. The van der Waals surface area contributed by atoms with Gasteiger partial charge in [-0.15, -0.1) is 0 Å². The van der Waals surface area contributed by atoms with Gasteiger partial charge in [-0.25, -0.2) is 0 Å². The van der Waals surface area contributed by atoms with E-state index >= 15 is 0 Å². The third kappa shape index (κ3) is 2.15. The van der Waals surface area contributed by atoms with E-state index in [1.807, 2.05) is 23.1 Å². The Morgan fingerprint density at radius 1 is 1.35 bits per heavy atom. The van der Waals surface area contributed by atoms with Crippen LogP contribution >= 0.6 is 0 Å². The molecule has 5 nitrogen and oxygen atoms in total. The summed E-state index contributed by atoms with van der Waals surface area (Å²) in [6, 6.07) is 10.3. The number of carbonyl (C=O) groups is 1. The van der Waals surface area contributed by atoms with Crippen LogP contribution in [0.3, 0.4) is 0 Å². The summed E-state index contributed by atoms with van der Waals surface area (Å²) in [6.07, 6.45) is 2.52. The Morgan fingerprint density at radius 2 is 2.10 bits per heavy atom. The van der Waals surface area contributed by atoms with E-state index in [0.29, 0.717) is 17.3 Å². The van der Waals surface area contributed by atoms with Crippen LogP contribution in [0, 0.1) is 0 Å². The standard InChI is InChI=1S/C15H18N4O/c1-18-14(13(16)9-17-18)15(20)19-8-7-12(10-19)11-5-3-2-4-6-11/h2-6,9,12H,7-8,10,16H2,1H3. The van der Waals surface area contributed by atoms with Gasteiger partial charge in [0.25, 0.3) is 5.91 Å². The highest BCUT2D eigenvalue weighted by molar-refractivity contribution is 5.97. The lowest BCUT2D eigenvalue weighted by molar-refractivity contribution is 0.0781. The van der Waals surface area contributed by atoms with Crippen molar-refractivity contribution in [3.63, 3.8) is 0 Å². The molecule has 5 heteroatoms. The highest BCUT2D eigenvalue weighted by Crippen LogP contribution is 2.28. The number of nitrogens with zero attached hydrogens (tertiary/aromatic N) is 3. The third-order valence-corrected chi connectivity index (χ3v) is 3.92. The second kappa shape index (κ2) is 5.00. The van der Waals surface area contributed by atoms with Crippen molar-refractivity contribution >= 4 is 11.6 Å². The second-order valence-corrected chi connectivity index (χ2v) is 5.22. The van der Waals surface area contributed by atoms with E-state index in [2.05, 4.69) is 17.2 Å². The van der Waals surface area contributed by atoms with Gasteiger partial charge in [-0.3, -0.25) is 9.48 Å². The lowest BCUT2D eigenvalue weighted by Gasteiger charge is -2.17. The SMILES string of the molecule is Cn1ncc(N)c1C(=O)N1CCC(c2ccccc2)C1. The van der Waals surface area contributed by atoms with Crippen molar-refractivity contribution in [1.82, 2.24) is 14.7 Å². The van der Waals surface area contributed by atoms with Crippen LogP contribution in [-0.4, -0.2) is 33.7 Å². The highest BCUT2D eigenvalue weighted by atomic mass is 16.2. The van der Waals surface area contributed by atoms with Gasteiger partial charge in [-0.2, -0.15) is 5.10 Å². The summed E-state index contributed by atoms with van der Waals surface area (Å²) in [7, 11) is 1.74. The highest BCUT2D eigenvalue weighted by Gasteiger charge is 2.30. The van der Waals surface area contributed by atoms with Gasteiger partial charge in [0, 0.05) is 26.1 Å². The smallest absolute Gasteiger partial charge is 0.274 e. The molecular formula is C15H18N4O. The number of anilines is 1. The van der Waals surface area contributed by atoms with Crippen LogP contribution in [0.1, 0.15) is 28.4 Å². The average molecular weight is 270 g/mol. The number of carbonyl (C=O) groups excluding carboxylic acids is 1. The predicted octanol–water partition coefficient (Wildman–Crippen LogP) is 1.63. The van der Waals surface area contributed by atoms with Gasteiger partial charge in [-0.1, -0.05) is 30.3 Å². The first-order valence-corrected chi connectivity index (χ1v) is 6.78. The minimum atomic E-state index is -0.0269. The molecule has 2 N–H and O–H groups in total. The van der Waals surface area contributed by atoms with E-state index in [1.54, 1.807) is 11.7 Å². The van der Waals surface area contributed by atoms with Gasteiger partial charge >= 0.3 is 0 Å². The lowest BCUT2D eigenvalue weighted by Crippen LogP contribution is -2.30. The molecule has 20 heavy (non-hydrogen) atoms. The predicted molar refractivity (Wildman–Crippen MR) is 77.3 cm³/mol. The molecule has 1 aromatic carbocycles. The molecule has 1 atom stereocenters. The maximum Gasteiger partial charge on any atom is 0.274 e. The average Bonchev–Trinajstić information content (AvgIpc) is 3.07. The Hall–Kier alpha value is -2.30. The minimum Gasteiger partial charge on any atom is -0.396 e. The first-order chi connectivity index (χ1) is 9.66. The Bertz CT molecular complexity index is 601. The molecular weight excluding hydrogens is 252 g/mol. The zero-order valence-corrected chi connectivity index (χ0v) is 11.5. The quantitative estimate of drug-likeness (QED) is 0.902. The van der Waals surface area contributed by atoms with Crippen LogP contribution in [0.5, 0.6) is 0 Å². The van der Waals surface area contributed by atoms with E-state index < -0.39 is 0 Å². The molecule has 2 heterocycles. The molecule has 1 fully saturated rings. The normalized spacial score (nSPS) is 18.4. The van der Waals surface area contributed by atoms with E-state index in [9.17, 15) is 4.79 Å². The number of nitrogen functional groups attached to an aromatic ring is 1. The first kappa shape index (κ1) is 12.7. The van der Waals surface area contributed by atoms with Gasteiger partial charge in [0.1, 0.15) is 5.69 Å². The van der Waals surface area contributed by atoms with Crippen LogP contribution < -0.4 is 5.73 Å². The summed E-state index contributed by atoms with van der Waals surface area (Å²) in [5.74, 6) is 0.385. The molecule has 3 rings (SSSR count). The molecule has 1 unspecified atom stereocenters. The molecule has 0 spiro atoms. The van der Waals surface area contributed by atoms with Crippen molar-refractivity contribution in [3.05, 3.63) is 47.8 Å². The summed E-state index contributed by atoms with van der Waals surface area (Å²) in [4.78, 5) is 14.4. The topological polar surface area (TPSA) is 64.2 Å². The van der Waals surface area contributed by atoms with E-state index in [0.717, 1.165) is 19.5 Å². The Morgan fingerprint density at radius 3 is 2.75 bits per heavy atom. The molecule has 0 aliphatic carbocycles. The summed E-state index contributed by atoms with van der Waals surface area (Å²) < 4.78 is 1.55. The number of aryl methyl sites for hydroxylation is 1. The number of hydrogen-bond acceptors (Lipinski definition) is 3. The van der Waals surface area contributed by atoms with E-state index in [4.69, 9.17) is 5.73 Å². The summed E-state index contributed by atoms with van der Waals surface area (Å²) in [5, 5.41) is 4.03. The van der Waals surface area contributed by atoms with Gasteiger partial charge in [-0.05, 0) is 12.0 Å². The minimum absolute atomic E-state index is 0.0269. The summed E-state index contributed by atoms with van der Waals surface area (Å²) >= 11 is 0. The molecule has 1 aliphatic rings. The molecule has 1 aliphatic heterocycles. The first-order valence-electron chi connectivity index (χ1n) is 6.78. The number of likely N-dealkylation sites (tertiary alicyclic amines) is 1. The third-order valence-electron chi connectivity index (χ3n) is 3.92. The van der Waals surface area contributed by atoms with Crippen molar-refractivity contribution in [2.24, 2.45) is 7.05 Å². The zero-order valence-electron chi connectivity index (χ0n) is 11.5. The Labute approximate surface area is 118 Å². The largest absolute Gasteiger partial charge is 0.396 e. The number of aromatic nitrogens is 2. The maximum absolute atomic E-state index is 12.5. The van der Waals surface area contributed by atoms with Crippen LogP contribution in [0.4, 0.5) is 5.69 Å². The molecule has 1 aromatic heterocycles. The van der Waals surface area contributed by atoms with Gasteiger partial charge < -0.3 is 10.6 Å². The fourth-order valence-corrected chi connectivity index (χ4v) is 2.81. The van der Waals surface area contributed by atoms with Crippen molar-refractivity contribution < 1.29 is 4.79 Å². The van der Waals surface area contributed by atoms with Crippen molar-refractivity contribution in [1.29, 1.82) is 0 Å². The Kier molecular flexibility index (Phi) is 3.18. The van der Waals surface area contributed by atoms with Crippen molar-refractivity contribution in [2.75, 3.05) is 18.8 Å². The van der Waals surface area contributed by atoms with Crippen LogP contribution in [0.15, 0.2) is 36.5 Å². The molecule has 0 saturated carbocycles. The van der Waals surface area contributed by atoms with Crippen LogP contribution in [0.25, 0.3) is 0 Å². The maximum atomic E-state index is 12.5. The number of benzene rings is 1. The van der Waals surface area contributed by atoms with Crippen molar-refractivity contribution in [2.45, 2.75) is 12.3 Å². The number of hydrogen-bond donors (Lipinski definition) is 1. The fraction of sp³-hybridized carbons (Fsp3) is 0.333. The van der Waals surface area contributed by atoms with E-state index in [1.165, 1.54) is 11.8 Å². The summed E-state index contributed by atoms with van der Waals surface area (Å²) in [5.41, 5.74) is 8.05. The van der Waals surface area contributed by atoms with Gasteiger partial charge in [0.15, 0.2) is 0 Å². The monoisotopic (exact) mass is 270 g/mol. The van der Waals surface area contributed by atoms with Crippen LogP contribution in [-0.2, 0) is 7.05 Å². The second-order valence-electron chi connectivity index (χ2n) is 5.22. The zero-order chi connectivity index (χ0) is 14.1. The molecule has 0 bridgehead atoms. The number of rotatable bonds is 2. The lowest BCUT2D eigenvalue weighted by atomic mass is 9.99. The molecule has 1 saturated heterocycles. The van der Waals surface area contributed by atoms with Gasteiger partial charge in [0.2, 0.25) is 0 Å². The van der Waals surface area contributed by atoms with E-state index in [-0.39, 0.29) is 5.91 Å². The Balaban J connectivity index is 1.76. The van der Waals surface area contributed by atoms with Crippen LogP contribution in [0.2, 0.25) is 0 Å². The number of nitrogens with two attached hydrogens (primary N) is 1. The molecule has 2 aromatic rings.